The van der Waals surface area contributed by atoms with Crippen LogP contribution in [-0.2, 0) is 16.0 Å². The quantitative estimate of drug-likeness (QED) is 0.134. The Morgan fingerprint density at radius 2 is 1.69 bits per heavy atom. The largest absolute Gasteiger partial charge is 0.422 e. The van der Waals surface area contributed by atoms with Gasteiger partial charge in [-0.05, 0) is 42.0 Å². The van der Waals surface area contributed by atoms with Gasteiger partial charge in [0, 0.05) is 23.4 Å². The lowest BCUT2D eigenvalue weighted by atomic mass is 10.1. The molecule has 11 nitrogen and oxygen atoms in total. The lowest BCUT2D eigenvalue weighted by Crippen LogP contribution is -2.32. The van der Waals surface area contributed by atoms with Gasteiger partial charge in [0.05, 0.1) is 29.2 Å². The number of nitro groups is 1. The number of anilines is 1. The zero-order valence-electron chi connectivity index (χ0n) is 18.0. The van der Waals surface area contributed by atoms with Crippen LogP contribution >= 0.6 is 0 Å². The number of esters is 1. The van der Waals surface area contributed by atoms with Crippen LogP contribution in [0.2, 0.25) is 0 Å². The Balaban J connectivity index is 1.59. The number of carbonyl (C=O) groups excluding carboxylic acids is 3. The lowest BCUT2D eigenvalue weighted by Gasteiger charge is -2.07. The second-order valence-electron chi connectivity index (χ2n) is 6.92. The number of hydrogen-bond donors (Lipinski definition) is 2. The molecule has 174 valence electrons. The van der Waals surface area contributed by atoms with Crippen molar-refractivity contribution in [2.45, 2.75) is 6.42 Å². The Morgan fingerprint density at radius 3 is 2.34 bits per heavy atom. The Bertz CT molecular complexity index is 1330. The third-order valence-electron chi connectivity index (χ3n) is 4.51. The van der Waals surface area contributed by atoms with Crippen LogP contribution in [0.1, 0.15) is 21.5 Å². The Kier molecular flexibility index (Phi) is 7.96. The monoisotopic (exact) mass is 471 g/mol. The number of ether oxygens (including phenoxy) is 1. The zero-order valence-corrected chi connectivity index (χ0v) is 18.0. The van der Waals surface area contributed by atoms with Gasteiger partial charge < -0.3 is 10.1 Å². The van der Waals surface area contributed by atoms with Crippen molar-refractivity contribution in [3.63, 3.8) is 0 Å². The molecular weight excluding hydrogens is 454 g/mol. The van der Waals surface area contributed by atoms with Gasteiger partial charge in [-0.1, -0.05) is 24.3 Å². The van der Waals surface area contributed by atoms with Crippen LogP contribution in [0, 0.1) is 21.4 Å². The first-order valence-electron chi connectivity index (χ1n) is 10.0. The highest BCUT2D eigenvalue weighted by Gasteiger charge is 2.15. The summed E-state index contributed by atoms with van der Waals surface area (Å²) in [5.74, 6) is -2.60. The summed E-state index contributed by atoms with van der Waals surface area (Å²) in [5.41, 5.74) is 3.50. The highest BCUT2D eigenvalue weighted by molar-refractivity contribution is 6.39. The second-order valence-corrected chi connectivity index (χ2v) is 6.92. The minimum Gasteiger partial charge on any atom is -0.422 e. The molecule has 0 spiro atoms. The number of nitrogens with one attached hydrogen (secondary N) is 2. The average molecular weight is 471 g/mol. The van der Waals surface area contributed by atoms with Gasteiger partial charge in [-0.3, -0.25) is 19.7 Å². The first-order chi connectivity index (χ1) is 16.9. The molecule has 0 atom stereocenters. The number of para-hydroxylation sites is 1. The molecule has 2 N–H and O–H groups in total. The topological polar surface area (TPSA) is 164 Å². The molecule has 0 saturated carbocycles. The highest BCUT2D eigenvalue weighted by atomic mass is 16.6. The number of amides is 2. The van der Waals surface area contributed by atoms with E-state index in [0.717, 1.165) is 5.56 Å². The van der Waals surface area contributed by atoms with Gasteiger partial charge in [-0.25, -0.2) is 10.2 Å². The van der Waals surface area contributed by atoms with Gasteiger partial charge in [0.25, 0.3) is 5.69 Å². The van der Waals surface area contributed by atoms with Crippen LogP contribution in [0.4, 0.5) is 11.4 Å². The molecule has 0 bridgehead atoms. The Hall–Kier alpha value is -5.37. The van der Waals surface area contributed by atoms with Crippen molar-refractivity contribution in [2.75, 3.05) is 5.32 Å². The molecule has 0 saturated heterocycles. The molecule has 0 heterocycles. The number of benzene rings is 3. The number of non-ortho nitro benzene ring substituents is 1. The highest BCUT2D eigenvalue weighted by Crippen LogP contribution is 2.19. The van der Waals surface area contributed by atoms with E-state index in [9.17, 15) is 24.5 Å². The average Bonchev–Trinajstić information content (AvgIpc) is 2.86. The molecule has 0 fully saturated rings. The predicted molar refractivity (Wildman–Crippen MR) is 125 cm³/mol. The van der Waals surface area contributed by atoms with E-state index < -0.39 is 22.7 Å². The smallest absolute Gasteiger partial charge is 0.343 e. The summed E-state index contributed by atoms with van der Waals surface area (Å²) in [4.78, 5) is 46.6. The molecule has 3 aromatic carbocycles. The first-order valence-corrected chi connectivity index (χ1v) is 10.0. The number of nitrogens with zero attached hydrogens (tertiary/aromatic N) is 3. The van der Waals surface area contributed by atoms with Gasteiger partial charge in [-0.2, -0.15) is 10.4 Å². The molecule has 3 aromatic rings. The molecule has 0 aromatic heterocycles. The van der Waals surface area contributed by atoms with E-state index in [-0.39, 0.29) is 23.4 Å². The van der Waals surface area contributed by atoms with Gasteiger partial charge >= 0.3 is 17.8 Å². The van der Waals surface area contributed by atoms with Crippen molar-refractivity contribution >= 4 is 35.4 Å². The summed E-state index contributed by atoms with van der Waals surface area (Å²) in [5, 5.41) is 25.6. The maximum Gasteiger partial charge on any atom is 0.343 e. The van der Waals surface area contributed by atoms with Crippen LogP contribution in [0.25, 0.3) is 0 Å². The number of hydrogen-bond acceptors (Lipinski definition) is 8. The van der Waals surface area contributed by atoms with Crippen LogP contribution in [0.3, 0.4) is 0 Å². The minimum atomic E-state index is -1.03. The Labute approximate surface area is 198 Å². The van der Waals surface area contributed by atoms with E-state index in [2.05, 4.69) is 15.8 Å². The van der Waals surface area contributed by atoms with Crippen molar-refractivity contribution in [1.29, 1.82) is 5.26 Å². The van der Waals surface area contributed by atoms with E-state index in [1.807, 2.05) is 6.07 Å². The molecule has 11 heteroatoms. The lowest BCUT2D eigenvalue weighted by molar-refractivity contribution is -0.384. The number of rotatable bonds is 7. The van der Waals surface area contributed by atoms with Crippen LogP contribution in [0.15, 0.2) is 77.9 Å². The SMILES string of the molecule is N#CCc1ccc(NC(=O)C(=O)N/N=C/c2ccccc2OC(=O)c2ccc([N+](=O)[O-])cc2)cc1. The van der Waals surface area contributed by atoms with E-state index in [0.29, 0.717) is 11.3 Å². The van der Waals surface area contributed by atoms with E-state index in [4.69, 9.17) is 10.00 Å². The van der Waals surface area contributed by atoms with Gasteiger partial charge in [0.1, 0.15) is 5.75 Å². The van der Waals surface area contributed by atoms with Crippen molar-refractivity contribution in [3.8, 4) is 11.8 Å². The van der Waals surface area contributed by atoms with E-state index >= 15 is 0 Å². The number of carbonyl (C=O) groups is 3. The van der Waals surface area contributed by atoms with Crippen molar-refractivity contribution in [3.05, 3.63) is 99.6 Å². The summed E-state index contributed by atoms with van der Waals surface area (Å²) < 4.78 is 5.33. The number of hydrazone groups is 1. The summed E-state index contributed by atoms with van der Waals surface area (Å²) in [6.07, 6.45) is 1.43. The molecule has 0 aliphatic rings. The number of nitriles is 1. The van der Waals surface area contributed by atoms with Crippen molar-refractivity contribution in [1.82, 2.24) is 5.43 Å². The van der Waals surface area contributed by atoms with Crippen LogP contribution in [0.5, 0.6) is 5.75 Å². The summed E-state index contributed by atoms with van der Waals surface area (Å²) >= 11 is 0. The predicted octanol–water partition coefficient (Wildman–Crippen LogP) is 2.97. The van der Waals surface area contributed by atoms with Crippen LogP contribution < -0.4 is 15.5 Å². The summed E-state index contributed by atoms with van der Waals surface area (Å²) in [6, 6.07) is 19.7. The maximum atomic E-state index is 12.4. The number of nitro benzene ring substituents is 1. The van der Waals surface area contributed by atoms with E-state index in [1.54, 1.807) is 42.5 Å². The van der Waals surface area contributed by atoms with Crippen LogP contribution in [-0.4, -0.2) is 28.9 Å². The standard InChI is InChI=1S/C24H17N5O6/c25-14-13-16-5-9-19(10-6-16)27-22(30)23(31)28-26-15-18-3-1-2-4-21(18)35-24(32)17-7-11-20(12-8-17)29(33)34/h1-12,15H,13H2,(H,27,30)(H,28,31)/b26-15+. The molecule has 0 radical (unpaired) electrons. The van der Waals surface area contributed by atoms with Crippen molar-refractivity contribution < 1.29 is 24.0 Å². The Morgan fingerprint density at radius 1 is 1.00 bits per heavy atom. The molecular formula is C24H17N5O6. The summed E-state index contributed by atoms with van der Waals surface area (Å²) in [7, 11) is 0. The fourth-order valence-corrected chi connectivity index (χ4v) is 2.75. The normalized spacial score (nSPS) is 10.3. The third-order valence-corrected chi connectivity index (χ3v) is 4.51. The fourth-order valence-electron chi connectivity index (χ4n) is 2.75. The van der Waals surface area contributed by atoms with E-state index in [1.165, 1.54) is 36.5 Å². The third kappa shape index (κ3) is 6.80. The molecule has 0 aliphatic carbocycles. The van der Waals surface area contributed by atoms with Gasteiger partial charge in [0.15, 0.2) is 0 Å². The van der Waals surface area contributed by atoms with Crippen molar-refractivity contribution in [2.24, 2.45) is 5.10 Å². The zero-order chi connectivity index (χ0) is 25.2. The second kappa shape index (κ2) is 11.5. The molecule has 3 rings (SSSR count). The fraction of sp³-hybridized carbons (Fsp3) is 0.0417. The maximum absolute atomic E-state index is 12.4. The minimum absolute atomic E-state index is 0.105. The van der Waals surface area contributed by atoms with Gasteiger partial charge in [0.2, 0.25) is 0 Å². The molecule has 0 aliphatic heterocycles. The first kappa shape index (κ1) is 24.3. The molecule has 35 heavy (non-hydrogen) atoms. The summed E-state index contributed by atoms with van der Waals surface area (Å²) in [6.45, 7) is 0. The molecule has 0 unspecified atom stereocenters. The molecule has 2 amide bonds. The van der Waals surface area contributed by atoms with Gasteiger partial charge in [-0.15, -0.1) is 0 Å².